The second-order valence-electron chi connectivity index (χ2n) is 11.1. The number of hydrogen-bond acceptors (Lipinski definition) is 3. The number of quaternary nitrogens is 1. The van der Waals surface area contributed by atoms with Gasteiger partial charge in [0.05, 0.1) is 33.9 Å². The minimum absolute atomic E-state index is 0.0965. The van der Waals surface area contributed by atoms with Crippen molar-refractivity contribution in [1.82, 2.24) is 0 Å². The summed E-state index contributed by atoms with van der Waals surface area (Å²) in [5.74, 6) is 0.820. The fourth-order valence-corrected chi connectivity index (χ4v) is 4.73. The number of hydrogen-bond donors (Lipinski definition) is 0. The summed E-state index contributed by atoms with van der Waals surface area (Å²) in [5, 5.41) is 0. The van der Waals surface area contributed by atoms with E-state index in [4.69, 9.17) is 9.47 Å². The molecule has 4 heteroatoms. The van der Waals surface area contributed by atoms with Crippen molar-refractivity contribution in [3.8, 4) is 5.75 Å². The SMILES string of the molecule is CCCCCCCCCCc1cccc(OCCCOC(=O)CCCC[N+](C)(C)Cc2ccccc2)c1. The monoisotopic (exact) mass is 510 g/mol. The molecule has 0 bridgehead atoms. The Bertz CT molecular complexity index is 850. The van der Waals surface area contributed by atoms with Crippen LogP contribution in [0.1, 0.15) is 95.1 Å². The maximum Gasteiger partial charge on any atom is 0.305 e. The molecule has 37 heavy (non-hydrogen) atoms. The Balaban J connectivity index is 1.48. The first-order valence-electron chi connectivity index (χ1n) is 14.7. The largest absolute Gasteiger partial charge is 0.493 e. The van der Waals surface area contributed by atoms with E-state index >= 15 is 0 Å². The van der Waals surface area contributed by atoms with Crippen molar-refractivity contribution in [1.29, 1.82) is 0 Å². The van der Waals surface area contributed by atoms with Crippen LogP contribution in [0.2, 0.25) is 0 Å². The summed E-state index contributed by atoms with van der Waals surface area (Å²) in [6, 6.07) is 19.0. The molecule has 206 valence electrons. The van der Waals surface area contributed by atoms with Gasteiger partial charge in [-0.3, -0.25) is 4.79 Å². The molecule has 0 fully saturated rings. The van der Waals surface area contributed by atoms with Crippen LogP contribution in [0.3, 0.4) is 0 Å². The van der Waals surface area contributed by atoms with E-state index in [1.165, 1.54) is 62.5 Å². The summed E-state index contributed by atoms with van der Waals surface area (Å²) in [6.07, 6.45) is 15.0. The Morgan fingerprint density at radius 1 is 0.730 bits per heavy atom. The number of rotatable bonds is 21. The molecule has 0 heterocycles. The van der Waals surface area contributed by atoms with E-state index in [0.29, 0.717) is 19.6 Å². The van der Waals surface area contributed by atoms with E-state index in [1.54, 1.807) is 0 Å². The predicted octanol–water partition coefficient (Wildman–Crippen LogP) is 8.13. The molecule has 0 aromatic heterocycles. The molecular formula is C33H52NO3+. The van der Waals surface area contributed by atoms with Crippen LogP contribution in [-0.4, -0.2) is 44.3 Å². The number of benzene rings is 2. The Hall–Kier alpha value is -2.33. The van der Waals surface area contributed by atoms with Crippen LogP contribution < -0.4 is 4.74 Å². The summed E-state index contributed by atoms with van der Waals surface area (Å²) in [4.78, 5) is 12.1. The van der Waals surface area contributed by atoms with Gasteiger partial charge in [-0.25, -0.2) is 0 Å². The third-order valence-electron chi connectivity index (χ3n) is 6.89. The first-order valence-corrected chi connectivity index (χ1v) is 14.7. The smallest absolute Gasteiger partial charge is 0.305 e. The highest BCUT2D eigenvalue weighted by Crippen LogP contribution is 2.17. The molecule has 0 aliphatic heterocycles. The van der Waals surface area contributed by atoms with Gasteiger partial charge in [0, 0.05) is 18.4 Å². The van der Waals surface area contributed by atoms with E-state index in [2.05, 4.69) is 69.6 Å². The van der Waals surface area contributed by atoms with Gasteiger partial charge in [0.25, 0.3) is 0 Å². The lowest BCUT2D eigenvalue weighted by atomic mass is 10.0. The zero-order chi connectivity index (χ0) is 26.6. The topological polar surface area (TPSA) is 35.5 Å². The number of aryl methyl sites for hydroxylation is 1. The first-order chi connectivity index (χ1) is 18.0. The van der Waals surface area contributed by atoms with E-state index in [1.807, 2.05) is 6.07 Å². The van der Waals surface area contributed by atoms with Gasteiger partial charge >= 0.3 is 5.97 Å². The van der Waals surface area contributed by atoms with Crippen LogP contribution in [0.25, 0.3) is 0 Å². The van der Waals surface area contributed by atoms with E-state index in [9.17, 15) is 4.79 Å². The highest BCUT2D eigenvalue weighted by Gasteiger charge is 2.15. The highest BCUT2D eigenvalue weighted by molar-refractivity contribution is 5.69. The van der Waals surface area contributed by atoms with Gasteiger partial charge in [0.15, 0.2) is 0 Å². The molecule has 0 spiro atoms. The number of carbonyl (C=O) groups is 1. The molecule has 0 unspecified atom stereocenters. The van der Waals surface area contributed by atoms with Gasteiger partial charge in [0.1, 0.15) is 12.3 Å². The van der Waals surface area contributed by atoms with E-state index in [0.717, 1.165) is 49.0 Å². The Morgan fingerprint density at radius 3 is 2.19 bits per heavy atom. The van der Waals surface area contributed by atoms with E-state index < -0.39 is 0 Å². The van der Waals surface area contributed by atoms with Crippen LogP contribution in [0.4, 0.5) is 0 Å². The van der Waals surface area contributed by atoms with Crippen LogP contribution in [0.5, 0.6) is 5.75 Å². The minimum atomic E-state index is -0.0965. The zero-order valence-electron chi connectivity index (χ0n) is 23.9. The van der Waals surface area contributed by atoms with E-state index in [-0.39, 0.29) is 5.97 Å². The van der Waals surface area contributed by atoms with Gasteiger partial charge < -0.3 is 14.0 Å². The molecule has 0 N–H and O–H groups in total. The van der Waals surface area contributed by atoms with Crippen molar-refractivity contribution in [2.75, 3.05) is 33.9 Å². The molecule has 0 atom stereocenters. The minimum Gasteiger partial charge on any atom is -0.493 e. The molecule has 0 aliphatic carbocycles. The fraction of sp³-hybridized carbons (Fsp3) is 0.606. The third-order valence-corrected chi connectivity index (χ3v) is 6.89. The summed E-state index contributed by atoms with van der Waals surface area (Å²) < 4.78 is 12.2. The van der Waals surface area contributed by atoms with Gasteiger partial charge in [-0.2, -0.15) is 0 Å². The lowest BCUT2D eigenvalue weighted by Crippen LogP contribution is -2.39. The van der Waals surface area contributed by atoms with Crippen LogP contribution in [0, 0.1) is 0 Å². The maximum absolute atomic E-state index is 12.1. The molecule has 0 aliphatic rings. The first kappa shape index (κ1) is 30.9. The number of ether oxygens (including phenoxy) is 2. The number of carbonyl (C=O) groups excluding carboxylic acids is 1. The summed E-state index contributed by atoms with van der Waals surface area (Å²) >= 11 is 0. The second kappa shape index (κ2) is 18.8. The molecule has 2 aromatic rings. The molecule has 4 nitrogen and oxygen atoms in total. The Kier molecular flexibility index (Phi) is 15.7. The average molecular weight is 511 g/mol. The normalized spacial score (nSPS) is 11.4. The lowest BCUT2D eigenvalue weighted by Gasteiger charge is -2.30. The summed E-state index contributed by atoms with van der Waals surface area (Å²) in [6.45, 7) is 5.32. The molecule has 0 saturated heterocycles. The zero-order valence-corrected chi connectivity index (χ0v) is 23.9. The summed E-state index contributed by atoms with van der Waals surface area (Å²) in [5.41, 5.74) is 2.70. The van der Waals surface area contributed by atoms with Crippen molar-refractivity contribution in [2.45, 2.75) is 96.9 Å². The number of esters is 1. The maximum atomic E-state index is 12.1. The fourth-order valence-electron chi connectivity index (χ4n) is 4.73. The van der Waals surface area contributed by atoms with Crippen LogP contribution in [0.15, 0.2) is 54.6 Å². The second-order valence-corrected chi connectivity index (χ2v) is 11.1. The molecular weight excluding hydrogens is 458 g/mol. The van der Waals surface area contributed by atoms with Gasteiger partial charge in [0.2, 0.25) is 0 Å². The van der Waals surface area contributed by atoms with Crippen molar-refractivity contribution in [3.63, 3.8) is 0 Å². The van der Waals surface area contributed by atoms with Crippen molar-refractivity contribution in [2.24, 2.45) is 0 Å². The van der Waals surface area contributed by atoms with Gasteiger partial charge in [-0.05, 0) is 43.4 Å². The predicted molar refractivity (Wildman–Crippen MR) is 155 cm³/mol. The molecule has 0 amide bonds. The van der Waals surface area contributed by atoms with Crippen molar-refractivity contribution in [3.05, 3.63) is 65.7 Å². The highest BCUT2D eigenvalue weighted by atomic mass is 16.5. The van der Waals surface area contributed by atoms with Crippen LogP contribution in [-0.2, 0) is 22.5 Å². The molecule has 0 saturated carbocycles. The van der Waals surface area contributed by atoms with Gasteiger partial charge in [-0.15, -0.1) is 0 Å². The molecule has 0 radical (unpaired) electrons. The van der Waals surface area contributed by atoms with Crippen molar-refractivity contribution >= 4 is 5.97 Å². The number of nitrogens with zero attached hydrogens (tertiary/aromatic N) is 1. The Morgan fingerprint density at radius 2 is 1.43 bits per heavy atom. The van der Waals surface area contributed by atoms with Crippen LogP contribution >= 0.6 is 0 Å². The summed E-state index contributed by atoms with van der Waals surface area (Å²) in [7, 11) is 4.50. The number of unbranched alkanes of at least 4 members (excludes halogenated alkanes) is 8. The lowest BCUT2D eigenvalue weighted by molar-refractivity contribution is -0.903. The van der Waals surface area contributed by atoms with Gasteiger partial charge in [-0.1, -0.05) is 94.3 Å². The standard InChI is InChI=1S/C33H52NO3/c1-4-5-6-7-8-9-10-12-19-30-22-17-23-32(28-30)36-26-18-27-37-33(35)24-15-16-25-34(2,3)29-31-20-13-11-14-21-31/h11,13-14,17,20-23,28H,4-10,12,15-16,18-19,24-27,29H2,1-3H3/q+1. The third kappa shape index (κ3) is 15.5. The Labute approximate surface area is 227 Å². The quantitative estimate of drug-likeness (QED) is 0.0966. The molecule has 2 aromatic carbocycles. The van der Waals surface area contributed by atoms with Crippen molar-refractivity contribution < 1.29 is 18.8 Å². The molecule has 2 rings (SSSR count). The average Bonchev–Trinajstić information content (AvgIpc) is 2.88.